The quantitative estimate of drug-likeness (QED) is 0.183. The van der Waals surface area contributed by atoms with Gasteiger partial charge >= 0.3 is 40.0 Å². The van der Waals surface area contributed by atoms with Gasteiger partial charge in [0.2, 0.25) is 0 Å². The van der Waals surface area contributed by atoms with Crippen molar-refractivity contribution in [3.8, 4) is 0 Å². The van der Waals surface area contributed by atoms with E-state index in [1.54, 1.807) is 6.92 Å². The summed E-state index contributed by atoms with van der Waals surface area (Å²) in [7, 11) is -3.98. The van der Waals surface area contributed by atoms with Crippen LogP contribution in [0.3, 0.4) is 0 Å². The summed E-state index contributed by atoms with van der Waals surface area (Å²) in [4.78, 5) is 4.34. The molecule has 7 heteroatoms. The van der Waals surface area contributed by atoms with E-state index >= 15 is 0 Å². The molecule has 0 aliphatic heterocycles. The first kappa shape index (κ1) is 25.1. The Hall–Kier alpha value is 0.830. The molecule has 0 atom stereocenters. The Bertz CT molecular complexity index is 309. The Kier molecular flexibility index (Phi) is 20.7. The van der Waals surface area contributed by atoms with Gasteiger partial charge < -0.3 is 0 Å². The number of hydrogen-bond acceptors (Lipinski definition) is 5. The maximum absolute atomic E-state index is 11.1. The predicted octanol–water partition coefficient (Wildman–Crippen LogP) is 3.88. The minimum atomic E-state index is -3.98. The normalized spacial score (nSPS) is 11.4. The summed E-state index contributed by atoms with van der Waals surface area (Å²) in [6.07, 6.45) is 13.4. The van der Waals surface area contributed by atoms with Crippen LogP contribution in [0.2, 0.25) is 0 Å². The summed E-state index contributed by atoms with van der Waals surface area (Å²) in [5.74, 6) is 0. The van der Waals surface area contributed by atoms with Gasteiger partial charge in [0.05, 0.1) is 13.2 Å². The van der Waals surface area contributed by atoms with Gasteiger partial charge in [-0.15, -0.1) is 0 Å². The molecule has 5 nitrogen and oxygen atoms in total. The van der Waals surface area contributed by atoms with Gasteiger partial charge in [-0.05, 0) is 13.3 Å². The van der Waals surface area contributed by atoms with E-state index in [1.807, 2.05) is 0 Å². The molecule has 0 N–H and O–H groups in total. The Morgan fingerprint density at radius 2 is 1.18 bits per heavy atom. The first-order chi connectivity index (χ1) is 10.1. The van der Waals surface area contributed by atoms with E-state index < -0.39 is 10.4 Å². The van der Waals surface area contributed by atoms with Crippen molar-refractivity contribution in [2.75, 3.05) is 13.2 Å². The van der Waals surface area contributed by atoms with Crippen LogP contribution in [0.25, 0.3) is 0 Å². The third-order valence-corrected chi connectivity index (χ3v) is 3.94. The molecular formula is C15H33NaO5S. The van der Waals surface area contributed by atoms with Gasteiger partial charge in [0.15, 0.2) is 0 Å². The summed E-state index contributed by atoms with van der Waals surface area (Å²) < 4.78 is 31.0. The molecule has 0 amide bonds. The predicted molar refractivity (Wildman–Crippen MR) is 91.2 cm³/mol. The zero-order valence-corrected chi connectivity index (χ0v) is 14.5. The Morgan fingerprint density at radius 3 is 1.64 bits per heavy atom. The van der Waals surface area contributed by atoms with Gasteiger partial charge in [0.1, 0.15) is 0 Å². The summed E-state index contributed by atoms with van der Waals surface area (Å²) in [5, 5.41) is 0. The standard InChI is InChI=1S/C15H32O5S.Na.H/c1-3-5-6-7-8-9-10-11-12-13-14-15-19-21(16,17)20-18-4-2;;/h3-15H2,1-2H3;;. The molecule has 22 heavy (non-hydrogen) atoms. The van der Waals surface area contributed by atoms with E-state index in [4.69, 9.17) is 0 Å². The Morgan fingerprint density at radius 1 is 0.727 bits per heavy atom. The van der Waals surface area contributed by atoms with E-state index in [0.717, 1.165) is 19.3 Å². The van der Waals surface area contributed by atoms with Crippen LogP contribution in [0.4, 0.5) is 0 Å². The molecule has 0 aromatic heterocycles. The molecule has 0 saturated heterocycles. The van der Waals surface area contributed by atoms with Crippen LogP contribution < -0.4 is 0 Å². The minimum absolute atomic E-state index is 0. The topological polar surface area (TPSA) is 61.8 Å². The SMILES string of the molecule is CCCCCCCCCCCCCOS(=O)(=O)OOCC.[NaH]. The molecule has 0 aromatic carbocycles. The fraction of sp³-hybridized carbons (Fsp3) is 1.00. The Balaban J connectivity index is 0. The molecule has 0 unspecified atom stereocenters. The molecule has 0 aliphatic rings. The molecule has 0 spiro atoms. The van der Waals surface area contributed by atoms with Crippen LogP contribution in [0, 0.1) is 0 Å². The van der Waals surface area contributed by atoms with Crippen molar-refractivity contribution >= 4 is 40.0 Å². The summed E-state index contributed by atoms with van der Waals surface area (Å²) in [6.45, 7) is 4.20. The summed E-state index contributed by atoms with van der Waals surface area (Å²) in [5.41, 5.74) is 0. The van der Waals surface area contributed by atoms with E-state index in [0.29, 0.717) is 0 Å². The van der Waals surface area contributed by atoms with Crippen molar-refractivity contribution in [3.63, 3.8) is 0 Å². The Labute approximate surface area is 159 Å². The van der Waals surface area contributed by atoms with Gasteiger partial charge in [-0.2, -0.15) is 8.42 Å². The van der Waals surface area contributed by atoms with Gasteiger partial charge in [-0.3, -0.25) is 0 Å². The van der Waals surface area contributed by atoms with Crippen LogP contribution in [0.5, 0.6) is 0 Å². The third kappa shape index (κ3) is 18.9. The average Bonchev–Trinajstić information content (AvgIpc) is 2.46. The van der Waals surface area contributed by atoms with E-state index in [-0.39, 0.29) is 42.8 Å². The first-order valence-corrected chi connectivity index (χ1v) is 9.66. The average molecular weight is 348 g/mol. The van der Waals surface area contributed by atoms with E-state index in [9.17, 15) is 8.42 Å². The van der Waals surface area contributed by atoms with E-state index in [1.165, 1.54) is 51.4 Å². The zero-order valence-electron chi connectivity index (χ0n) is 13.6. The molecule has 0 bridgehead atoms. The number of hydrogen-bond donors (Lipinski definition) is 0. The number of rotatable bonds is 16. The van der Waals surface area contributed by atoms with Crippen LogP contribution in [-0.2, 0) is 23.8 Å². The number of unbranched alkanes of at least 4 members (excludes halogenated alkanes) is 10. The molecule has 0 radical (unpaired) electrons. The third-order valence-electron chi connectivity index (χ3n) is 3.22. The fourth-order valence-electron chi connectivity index (χ4n) is 2.05. The molecule has 0 aliphatic carbocycles. The molecule has 0 fully saturated rings. The van der Waals surface area contributed by atoms with Crippen molar-refractivity contribution in [3.05, 3.63) is 0 Å². The fourth-order valence-corrected chi connectivity index (χ4v) is 2.63. The molecular weight excluding hydrogens is 315 g/mol. The van der Waals surface area contributed by atoms with Crippen molar-refractivity contribution in [2.45, 2.75) is 84.5 Å². The van der Waals surface area contributed by atoms with Crippen molar-refractivity contribution in [1.29, 1.82) is 0 Å². The molecule has 0 aromatic rings. The van der Waals surface area contributed by atoms with Crippen LogP contribution in [0.1, 0.15) is 84.5 Å². The van der Waals surface area contributed by atoms with Crippen LogP contribution >= 0.6 is 0 Å². The molecule has 0 rings (SSSR count). The summed E-state index contributed by atoms with van der Waals surface area (Å²) >= 11 is 0. The second-order valence-electron chi connectivity index (χ2n) is 5.24. The van der Waals surface area contributed by atoms with Gasteiger partial charge in [-0.1, -0.05) is 75.5 Å². The van der Waals surface area contributed by atoms with Crippen molar-refractivity contribution < 1.29 is 21.8 Å². The van der Waals surface area contributed by atoms with Gasteiger partial charge in [-0.25, -0.2) is 9.07 Å². The molecule has 0 heterocycles. The van der Waals surface area contributed by atoms with Gasteiger partial charge in [0, 0.05) is 0 Å². The van der Waals surface area contributed by atoms with Crippen molar-refractivity contribution in [1.82, 2.24) is 0 Å². The molecule has 0 saturated carbocycles. The maximum atomic E-state index is 11.1. The zero-order chi connectivity index (χ0) is 15.8. The second kappa shape index (κ2) is 18.2. The second-order valence-corrected chi connectivity index (χ2v) is 6.43. The first-order valence-electron chi connectivity index (χ1n) is 8.32. The van der Waals surface area contributed by atoms with Gasteiger partial charge in [0.25, 0.3) is 0 Å². The summed E-state index contributed by atoms with van der Waals surface area (Å²) in [6, 6.07) is 0. The van der Waals surface area contributed by atoms with Crippen LogP contribution in [0.15, 0.2) is 0 Å². The monoisotopic (exact) mass is 348 g/mol. The molecule has 130 valence electrons. The van der Waals surface area contributed by atoms with E-state index in [2.05, 4.69) is 20.3 Å². The van der Waals surface area contributed by atoms with Crippen LogP contribution in [-0.4, -0.2) is 51.2 Å². The van der Waals surface area contributed by atoms with Crippen molar-refractivity contribution in [2.24, 2.45) is 0 Å².